The molecule has 0 saturated carbocycles. The van der Waals surface area contributed by atoms with Gasteiger partial charge in [-0.1, -0.05) is 18.2 Å². The summed E-state index contributed by atoms with van der Waals surface area (Å²) in [5.74, 6) is 0. The number of hydrogen-bond acceptors (Lipinski definition) is 2. The lowest BCUT2D eigenvalue weighted by atomic mass is 9.98. The van der Waals surface area contributed by atoms with Gasteiger partial charge in [0, 0.05) is 0 Å². The number of rotatable bonds is 4. The van der Waals surface area contributed by atoms with E-state index in [1.54, 1.807) is 0 Å². The highest BCUT2D eigenvalue weighted by atomic mass is 16.5. The van der Waals surface area contributed by atoms with Gasteiger partial charge in [-0.15, -0.1) is 0 Å². The van der Waals surface area contributed by atoms with Crippen LogP contribution in [0.2, 0.25) is 0 Å². The lowest BCUT2D eigenvalue weighted by Gasteiger charge is -2.17. The van der Waals surface area contributed by atoms with E-state index in [1.807, 2.05) is 0 Å². The van der Waals surface area contributed by atoms with Gasteiger partial charge in [0.15, 0.2) is 0 Å². The first-order chi connectivity index (χ1) is 7.40. The molecule has 1 heterocycles. The molecule has 2 heteroatoms. The maximum absolute atomic E-state index is 5.49. The van der Waals surface area contributed by atoms with Crippen molar-refractivity contribution in [2.45, 2.75) is 32.3 Å². The highest BCUT2D eigenvalue weighted by Gasteiger charge is 2.09. The number of unbranched alkanes of at least 4 members (excludes halogenated alkanes) is 1. The van der Waals surface area contributed by atoms with Gasteiger partial charge in [-0.2, -0.15) is 0 Å². The van der Waals surface area contributed by atoms with E-state index in [0.717, 1.165) is 39.0 Å². The molecule has 0 spiro atoms. The first kappa shape index (κ1) is 10.7. The van der Waals surface area contributed by atoms with Crippen molar-refractivity contribution in [1.82, 2.24) is 0 Å². The predicted molar refractivity (Wildman–Crippen MR) is 61.8 cm³/mol. The number of benzene rings is 1. The van der Waals surface area contributed by atoms with Crippen LogP contribution in [0.15, 0.2) is 18.2 Å². The molecule has 1 aliphatic rings. The Bertz CT molecular complexity index is 322. The second-order valence-electron chi connectivity index (χ2n) is 4.15. The average Bonchev–Trinajstić information content (AvgIpc) is 2.29. The molecule has 0 fully saturated rings. The van der Waals surface area contributed by atoms with E-state index >= 15 is 0 Å². The van der Waals surface area contributed by atoms with Gasteiger partial charge in [0.1, 0.15) is 0 Å². The smallest absolute Gasteiger partial charge is 0.0719 e. The van der Waals surface area contributed by atoms with Gasteiger partial charge in [0.25, 0.3) is 0 Å². The Morgan fingerprint density at radius 3 is 3.00 bits per heavy atom. The van der Waals surface area contributed by atoms with Gasteiger partial charge in [-0.25, -0.2) is 0 Å². The third-order valence-corrected chi connectivity index (χ3v) is 2.96. The Morgan fingerprint density at radius 2 is 2.13 bits per heavy atom. The molecule has 1 aromatic rings. The van der Waals surface area contributed by atoms with Crippen molar-refractivity contribution in [3.63, 3.8) is 0 Å². The van der Waals surface area contributed by atoms with Crippen LogP contribution in [0.1, 0.15) is 29.5 Å². The largest absolute Gasteiger partial charge is 0.376 e. The Balaban J connectivity index is 2.00. The van der Waals surface area contributed by atoms with Crippen molar-refractivity contribution < 1.29 is 4.74 Å². The maximum Gasteiger partial charge on any atom is 0.0719 e. The summed E-state index contributed by atoms with van der Waals surface area (Å²) in [6.07, 6.45) is 4.55. The molecule has 0 bridgehead atoms. The molecule has 82 valence electrons. The van der Waals surface area contributed by atoms with Crippen LogP contribution in [0, 0.1) is 0 Å². The van der Waals surface area contributed by atoms with Gasteiger partial charge in [-0.05, 0) is 48.9 Å². The molecule has 0 aliphatic carbocycles. The zero-order valence-corrected chi connectivity index (χ0v) is 9.17. The van der Waals surface area contributed by atoms with E-state index < -0.39 is 0 Å². The van der Waals surface area contributed by atoms with Crippen molar-refractivity contribution in [3.8, 4) is 0 Å². The Labute approximate surface area is 91.4 Å². The molecule has 15 heavy (non-hydrogen) atoms. The molecular weight excluding hydrogens is 186 g/mol. The molecule has 2 N–H and O–H groups in total. The fraction of sp³-hybridized carbons (Fsp3) is 0.538. The third kappa shape index (κ3) is 2.80. The van der Waals surface area contributed by atoms with Gasteiger partial charge in [0.05, 0.1) is 13.2 Å². The fourth-order valence-electron chi connectivity index (χ4n) is 2.05. The predicted octanol–water partition coefficient (Wildman–Crippen LogP) is 2.04. The Hall–Kier alpha value is -0.860. The number of hydrogen-bond donors (Lipinski definition) is 1. The topological polar surface area (TPSA) is 35.2 Å². The molecule has 1 aliphatic heterocycles. The molecule has 2 rings (SSSR count). The summed E-state index contributed by atoms with van der Waals surface area (Å²) < 4.78 is 5.42. The molecular formula is C13H19NO. The van der Waals surface area contributed by atoms with E-state index in [1.165, 1.54) is 23.1 Å². The Kier molecular flexibility index (Phi) is 3.75. The highest BCUT2D eigenvalue weighted by molar-refractivity contribution is 5.33. The molecule has 0 amide bonds. The normalized spacial score (nSPS) is 15.0. The summed E-state index contributed by atoms with van der Waals surface area (Å²) in [5.41, 5.74) is 9.78. The van der Waals surface area contributed by atoms with E-state index in [-0.39, 0.29) is 0 Å². The summed E-state index contributed by atoms with van der Waals surface area (Å²) in [6, 6.07) is 6.78. The summed E-state index contributed by atoms with van der Waals surface area (Å²) in [4.78, 5) is 0. The van der Waals surface area contributed by atoms with Crippen LogP contribution in [0.4, 0.5) is 0 Å². The minimum Gasteiger partial charge on any atom is -0.376 e. The van der Waals surface area contributed by atoms with Crippen molar-refractivity contribution in [1.29, 1.82) is 0 Å². The number of fused-ring (bicyclic) bond motifs is 1. The van der Waals surface area contributed by atoms with E-state index in [9.17, 15) is 0 Å². The van der Waals surface area contributed by atoms with Crippen molar-refractivity contribution >= 4 is 0 Å². The number of aryl methyl sites for hydroxylation is 1. The van der Waals surface area contributed by atoms with Gasteiger partial charge in [-0.3, -0.25) is 0 Å². The van der Waals surface area contributed by atoms with Crippen LogP contribution < -0.4 is 5.73 Å². The third-order valence-electron chi connectivity index (χ3n) is 2.96. The Morgan fingerprint density at radius 1 is 1.20 bits per heavy atom. The molecule has 0 atom stereocenters. The quantitative estimate of drug-likeness (QED) is 0.763. The summed E-state index contributed by atoms with van der Waals surface area (Å²) >= 11 is 0. The number of ether oxygens (including phenoxy) is 1. The average molecular weight is 205 g/mol. The summed E-state index contributed by atoms with van der Waals surface area (Å²) in [7, 11) is 0. The lowest BCUT2D eigenvalue weighted by Crippen LogP contribution is -2.10. The molecule has 0 aromatic heterocycles. The fourth-order valence-corrected chi connectivity index (χ4v) is 2.05. The first-order valence-corrected chi connectivity index (χ1v) is 5.78. The highest BCUT2D eigenvalue weighted by Crippen LogP contribution is 2.19. The van der Waals surface area contributed by atoms with Gasteiger partial charge < -0.3 is 10.5 Å². The van der Waals surface area contributed by atoms with Gasteiger partial charge in [0.2, 0.25) is 0 Å². The molecule has 0 radical (unpaired) electrons. The summed E-state index contributed by atoms with van der Waals surface area (Å²) in [6.45, 7) is 2.47. The monoisotopic (exact) mass is 205 g/mol. The number of nitrogens with two attached hydrogens (primary N) is 1. The molecule has 1 aromatic carbocycles. The van der Waals surface area contributed by atoms with Crippen molar-refractivity contribution in [2.75, 3.05) is 13.2 Å². The van der Waals surface area contributed by atoms with E-state index in [0.29, 0.717) is 0 Å². The van der Waals surface area contributed by atoms with Crippen LogP contribution in [-0.4, -0.2) is 13.2 Å². The zero-order chi connectivity index (χ0) is 10.5. The maximum atomic E-state index is 5.49. The molecule has 2 nitrogen and oxygen atoms in total. The van der Waals surface area contributed by atoms with Crippen LogP contribution in [0.3, 0.4) is 0 Å². The standard InChI is InChI=1S/C13H19NO/c14-7-2-1-3-11-4-5-13-10-15-8-6-12(13)9-11/h4-5,9H,1-3,6-8,10,14H2. The van der Waals surface area contributed by atoms with Crippen LogP contribution >= 0.6 is 0 Å². The zero-order valence-electron chi connectivity index (χ0n) is 9.17. The van der Waals surface area contributed by atoms with Crippen LogP contribution in [0.25, 0.3) is 0 Å². The second-order valence-corrected chi connectivity index (χ2v) is 4.15. The van der Waals surface area contributed by atoms with Crippen molar-refractivity contribution in [3.05, 3.63) is 34.9 Å². The van der Waals surface area contributed by atoms with E-state index in [4.69, 9.17) is 10.5 Å². The summed E-state index contributed by atoms with van der Waals surface area (Å²) in [5, 5.41) is 0. The minimum absolute atomic E-state index is 0.790. The van der Waals surface area contributed by atoms with Gasteiger partial charge >= 0.3 is 0 Å². The first-order valence-electron chi connectivity index (χ1n) is 5.78. The molecule has 0 saturated heterocycles. The minimum atomic E-state index is 0.790. The van der Waals surface area contributed by atoms with Crippen molar-refractivity contribution in [2.24, 2.45) is 5.73 Å². The van der Waals surface area contributed by atoms with Crippen LogP contribution in [0.5, 0.6) is 0 Å². The second kappa shape index (κ2) is 5.29. The van der Waals surface area contributed by atoms with E-state index in [2.05, 4.69) is 18.2 Å². The lowest BCUT2D eigenvalue weighted by molar-refractivity contribution is 0.110. The van der Waals surface area contributed by atoms with Crippen LogP contribution in [-0.2, 0) is 24.2 Å². The molecule has 0 unspecified atom stereocenters. The SMILES string of the molecule is NCCCCc1ccc2c(c1)CCOC2.